The highest BCUT2D eigenvalue weighted by molar-refractivity contribution is 9.10. The number of carbonyl (C=O) groups is 2. The summed E-state index contributed by atoms with van der Waals surface area (Å²) in [5, 5.41) is 0. The average Bonchev–Trinajstić information content (AvgIpc) is 2.54. The first-order valence-electron chi connectivity index (χ1n) is 6.70. The number of methoxy groups -OCH3 is 1. The van der Waals surface area contributed by atoms with Crippen LogP contribution in [0.25, 0.3) is 0 Å². The molecule has 22 heavy (non-hydrogen) atoms. The molecule has 0 aliphatic heterocycles. The van der Waals surface area contributed by atoms with Crippen LogP contribution in [-0.4, -0.2) is 30.9 Å². The highest BCUT2D eigenvalue weighted by Crippen LogP contribution is 2.18. The second-order valence-corrected chi connectivity index (χ2v) is 5.68. The lowest BCUT2D eigenvalue weighted by Crippen LogP contribution is -2.26. The summed E-state index contributed by atoms with van der Waals surface area (Å²) < 4.78 is 5.43. The zero-order valence-electron chi connectivity index (χ0n) is 12.4. The van der Waals surface area contributed by atoms with Crippen molar-refractivity contribution >= 4 is 27.8 Å². The molecule has 2 aromatic rings. The number of nitrogens with zero attached hydrogens (tertiary/aromatic N) is 1. The zero-order chi connectivity index (χ0) is 16.1. The van der Waals surface area contributed by atoms with E-state index < -0.39 is 0 Å². The van der Waals surface area contributed by atoms with E-state index in [1.165, 1.54) is 7.11 Å². The number of esters is 1. The van der Waals surface area contributed by atoms with Gasteiger partial charge in [0.2, 0.25) is 0 Å². The van der Waals surface area contributed by atoms with Crippen LogP contribution >= 0.6 is 15.9 Å². The van der Waals surface area contributed by atoms with Crippen molar-refractivity contribution in [2.45, 2.75) is 6.54 Å². The topological polar surface area (TPSA) is 46.6 Å². The monoisotopic (exact) mass is 361 g/mol. The standard InChI is InChI=1S/C17H16BrNO3/c1-19(16(20)14-5-3-4-6-15(14)18)11-12-7-9-13(10-8-12)17(21)22-2/h3-10H,11H2,1-2H3. The largest absolute Gasteiger partial charge is 0.465 e. The highest BCUT2D eigenvalue weighted by Gasteiger charge is 2.14. The Morgan fingerprint density at radius 1 is 1.09 bits per heavy atom. The van der Waals surface area contributed by atoms with Gasteiger partial charge in [-0.1, -0.05) is 24.3 Å². The zero-order valence-corrected chi connectivity index (χ0v) is 14.0. The van der Waals surface area contributed by atoms with Gasteiger partial charge in [0.05, 0.1) is 18.2 Å². The van der Waals surface area contributed by atoms with Crippen molar-refractivity contribution in [3.05, 3.63) is 69.7 Å². The maximum Gasteiger partial charge on any atom is 0.337 e. The number of halogens is 1. The van der Waals surface area contributed by atoms with E-state index in [0.717, 1.165) is 10.0 Å². The lowest BCUT2D eigenvalue weighted by Gasteiger charge is -2.18. The van der Waals surface area contributed by atoms with Gasteiger partial charge in [0, 0.05) is 18.1 Å². The van der Waals surface area contributed by atoms with Crippen LogP contribution in [0.5, 0.6) is 0 Å². The summed E-state index contributed by atoms with van der Waals surface area (Å²) in [4.78, 5) is 25.4. The van der Waals surface area contributed by atoms with Crippen LogP contribution in [0.3, 0.4) is 0 Å². The van der Waals surface area contributed by atoms with E-state index in [4.69, 9.17) is 0 Å². The Bertz CT molecular complexity index is 683. The van der Waals surface area contributed by atoms with Crippen molar-refractivity contribution in [2.75, 3.05) is 14.2 Å². The number of carbonyl (C=O) groups excluding carboxylic acids is 2. The van der Waals surface area contributed by atoms with E-state index in [0.29, 0.717) is 17.7 Å². The Morgan fingerprint density at radius 3 is 2.32 bits per heavy atom. The van der Waals surface area contributed by atoms with Crippen LogP contribution in [0.4, 0.5) is 0 Å². The highest BCUT2D eigenvalue weighted by atomic mass is 79.9. The molecular formula is C17H16BrNO3. The predicted molar refractivity (Wildman–Crippen MR) is 87.7 cm³/mol. The molecule has 1 amide bonds. The second-order valence-electron chi connectivity index (χ2n) is 4.83. The van der Waals surface area contributed by atoms with Gasteiger partial charge in [0.15, 0.2) is 0 Å². The van der Waals surface area contributed by atoms with Crippen molar-refractivity contribution in [3.8, 4) is 0 Å². The fourth-order valence-corrected chi connectivity index (χ4v) is 2.50. The first-order valence-corrected chi connectivity index (χ1v) is 7.49. The van der Waals surface area contributed by atoms with Gasteiger partial charge < -0.3 is 9.64 Å². The second kappa shape index (κ2) is 7.22. The Labute approximate surface area is 137 Å². The molecule has 0 bridgehead atoms. The summed E-state index contributed by atoms with van der Waals surface area (Å²) in [7, 11) is 3.09. The van der Waals surface area contributed by atoms with Crippen molar-refractivity contribution in [1.29, 1.82) is 0 Å². The van der Waals surface area contributed by atoms with Crippen molar-refractivity contribution < 1.29 is 14.3 Å². The molecule has 0 unspecified atom stereocenters. The summed E-state index contributed by atoms with van der Waals surface area (Å²) in [6.07, 6.45) is 0. The summed E-state index contributed by atoms with van der Waals surface area (Å²) in [6, 6.07) is 14.3. The fourth-order valence-electron chi connectivity index (χ4n) is 2.05. The third-order valence-corrected chi connectivity index (χ3v) is 3.94. The molecule has 4 nitrogen and oxygen atoms in total. The van der Waals surface area contributed by atoms with Crippen LogP contribution in [0.15, 0.2) is 53.0 Å². The molecule has 0 fully saturated rings. The van der Waals surface area contributed by atoms with Crippen LogP contribution in [0.1, 0.15) is 26.3 Å². The number of benzene rings is 2. The SMILES string of the molecule is COC(=O)c1ccc(CN(C)C(=O)c2ccccc2Br)cc1. The minimum absolute atomic E-state index is 0.0653. The maximum absolute atomic E-state index is 12.4. The van der Waals surface area contributed by atoms with Crippen LogP contribution in [0, 0.1) is 0 Å². The molecule has 0 aliphatic rings. The lowest BCUT2D eigenvalue weighted by molar-refractivity contribution is 0.0600. The molecule has 2 aromatic carbocycles. The number of rotatable bonds is 4. The Balaban J connectivity index is 2.08. The van der Waals surface area contributed by atoms with E-state index in [-0.39, 0.29) is 11.9 Å². The molecule has 0 N–H and O–H groups in total. The first kappa shape index (κ1) is 16.2. The molecule has 2 rings (SSSR count). The first-order chi connectivity index (χ1) is 10.5. The Hall–Kier alpha value is -2.14. The van der Waals surface area contributed by atoms with E-state index in [1.807, 2.05) is 30.3 Å². The normalized spacial score (nSPS) is 10.1. The number of hydrogen-bond acceptors (Lipinski definition) is 3. The van der Waals surface area contributed by atoms with E-state index in [2.05, 4.69) is 20.7 Å². The van der Waals surface area contributed by atoms with Gasteiger partial charge in [-0.05, 0) is 45.8 Å². The number of hydrogen-bond donors (Lipinski definition) is 0. The van der Waals surface area contributed by atoms with Gasteiger partial charge in [-0.15, -0.1) is 0 Å². The van der Waals surface area contributed by atoms with E-state index >= 15 is 0 Å². The van der Waals surface area contributed by atoms with E-state index in [1.54, 1.807) is 30.1 Å². The average molecular weight is 362 g/mol. The molecule has 114 valence electrons. The Morgan fingerprint density at radius 2 is 1.73 bits per heavy atom. The molecule has 0 heterocycles. The summed E-state index contributed by atoms with van der Waals surface area (Å²) >= 11 is 3.39. The minimum Gasteiger partial charge on any atom is -0.465 e. The molecular weight excluding hydrogens is 346 g/mol. The molecule has 0 aromatic heterocycles. The van der Waals surface area contributed by atoms with Gasteiger partial charge in [-0.25, -0.2) is 4.79 Å². The van der Waals surface area contributed by atoms with Crippen LogP contribution in [-0.2, 0) is 11.3 Å². The summed E-state index contributed by atoms with van der Waals surface area (Å²) in [6.45, 7) is 0.460. The minimum atomic E-state index is -0.371. The van der Waals surface area contributed by atoms with Crippen molar-refractivity contribution in [3.63, 3.8) is 0 Å². The summed E-state index contributed by atoms with van der Waals surface area (Å²) in [5.74, 6) is -0.436. The third kappa shape index (κ3) is 3.74. The molecule has 0 atom stereocenters. The van der Waals surface area contributed by atoms with Gasteiger partial charge in [-0.2, -0.15) is 0 Å². The van der Waals surface area contributed by atoms with Crippen LogP contribution in [0.2, 0.25) is 0 Å². The molecule has 0 radical (unpaired) electrons. The van der Waals surface area contributed by atoms with Gasteiger partial charge in [0.1, 0.15) is 0 Å². The van der Waals surface area contributed by atoms with Crippen molar-refractivity contribution in [2.24, 2.45) is 0 Å². The lowest BCUT2D eigenvalue weighted by atomic mass is 10.1. The van der Waals surface area contributed by atoms with Gasteiger partial charge >= 0.3 is 5.97 Å². The van der Waals surface area contributed by atoms with Gasteiger partial charge in [0.25, 0.3) is 5.91 Å². The third-order valence-electron chi connectivity index (χ3n) is 3.25. The predicted octanol–water partition coefficient (Wildman–Crippen LogP) is 3.51. The molecule has 0 spiro atoms. The molecule has 0 saturated heterocycles. The number of ether oxygens (including phenoxy) is 1. The smallest absolute Gasteiger partial charge is 0.337 e. The van der Waals surface area contributed by atoms with Crippen LogP contribution < -0.4 is 0 Å². The molecule has 5 heteroatoms. The fraction of sp³-hybridized carbons (Fsp3) is 0.176. The van der Waals surface area contributed by atoms with Crippen molar-refractivity contribution in [1.82, 2.24) is 4.90 Å². The maximum atomic E-state index is 12.4. The quantitative estimate of drug-likeness (QED) is 0.782. The Kier molecular flexibility index (Phi) is 5.33. The number of amides is 1. The van der Waals surface area contributed by atoms with Gasteiger partial charge in [-0.3, -0.25) is 4.79 Å². The van der Waals surface area contributed by atoms with E-state index in [9.17, 15) is 9.59 Å². The molecule has 0 saturated carbocycles. The summed E-state index contributed by atoms with van der Waals surface area (Å²) in [5.41, 5.74) is 2.05. The molecule has 0 aliphatic carbocycles.